The van der Waals surface area contributed by atoms with E-state index in [0.29, 0.717) is 4.90 Å². The summed E-state index contributed by atoms with van der Waals surface area (Å²) in [6.45, 7) is 0. The zero-order valence-electron chi connectivity index (χ0n) is 11.2. The molecule has 0 spiro atoms. The van der Waals surface area contributed by atoms with Crippen molar-refractivity contribution in [3.05, 3.63) is 42.5 Å². The smallest absolute Gasteiger partial charge is 0.177 e. The van der Waals surface area contributed by atoms with Crippen molar-refractivity contribution in [3.8, 4) is 5.75 Å². The van der Waals surface area contributed by atoms with Gasteiger partial charge in [0.15, 0.2) is 9.84 Å². The van der Waals surface area contributed by atoms with Crippen LogP contribution in [-0.2, 0) is 9.84 Å². The maximum atomic E-state index is 11.7. The van der Waals surface area contributed by atoms with Gasteiger partial charge < -0.3 is 10.5 Å². The van der Waals surface area contributed by atoms with Gasteiger partial charge in [0.05, 0.1) is 22.6 Å². The summed E-state index contributed by atoms with van der Waals surface area (Å²) in [7, 11) is -1.74. The molecule has 0 aliphatic carbocycles. The van der Waals surface area contributed by atoms with Crippen molar-refractivity contribution < 1.29 is 13.2 Å². The summed E-state index contributed by atoms with van der Waals surface area (Å²) in [5.41, 5.74) is 6.24. The summed E-state index contributed by atoms with van der Waals surface area (Å²) in [6, 6.07) is 12.5. The number of benzene rings is 2. The lowest BCUT2D eigenvalue weighted by Crippen LogP contribution is -2.03. The van der Waals surface area contributed by atoms with Crippen LogP contribution in [0, 0.1) is 0 Å². The summed E-state index contributed by atoms with van der Waals surface area (Å²) < 4.78 is 28.6. The molecule has 0 unspecified atom stereocenters. The Balaban J connectivity index is 2.45. The minimum Gasteiger partial charge on any atom is -0.496 e. The monoisotopic (exact) mass is 309 g/mol. The molecule has 0 aromatic heterocycles. The van der Waals surface area contributed by atoms with Gasteiger partial charge in [0.25, 0.3) is 0 Å². The van der Waals surface area contributed by atoms with Crippen molar-refractivity contribution in [1.82, 2.24) is 0 Å². The molecule has 0 amide bonds. The van der Waals surface area contributed by atoms with Gasteiger partial charge in [-0.25, -0.2) is 8.42 Å². The summed E-state index contributed by atoms with van der Waals surface area (Å²) in [5.74, 6) is 0.724. The van der Waals surface area contributed by atoms with E-state index in [2.05, 4.69) is 0 Å². The second kappa shape index (κ2) is 5.76. The minimum atomic E-state index is -3.33. The molecule has 2 N–H and O–H groups in total. The molecule has 0 aliphatic rings. The molecule has 4 nitrogen and oxygen atoms in total. The topological polar surface area (TPSA) is 69.4 Å². The fraction of sp³-hybridized carbons (Fsp3) is 0.143. The lowest BCUT2D eigenvalue weighted by Gasteiger charge is -2.11. The van der Waals surface area contributed by atoms with Crippen LogP contribution in [0.5, 0.6) is 5.75 Å². The predicted octanol–water partition coefficient (Wildman–Crippen LogP) is 2.83. The maximum absolute atomic E-state index is 11.7. The Morgan fingerprint density at radius 2 is 1.70 bits per heavy atom. The molecule has 2 aromatic rings. The number of methoxy groups -OCH3 is 1. The molecular weight excluding hydrogens is 294 g/mol. The van der Waals surface area contributed by atoms with E-state index in [1.165, 1.54) is 17.8 Å². The highest BCUT2D eigenvalue weighted by Gasteiger charge is 2.15. The molecule has 2 rings (SSSR count). The lowest BCUT2D eigenvalue weighted by molar-refractivity contribution is 0.405. The lowest BCUT2D eigenvalue weighted by atomic mass is 10.3. The number of nitrogen functional groups attached to an aromatic ring is 1. The molecule has 0 fully saturated rings. The van der Waals surface area contributed by atoms with Gasteiger partial charge in [0.1, 0.15) is 5.75 Å². The minimum absolute atomic E-state index is 0.150. The summed E-state index contributed by atoms with van der Waals surface area (Å²) in [4.78, 5) is 1.72. The number of sulfone groups is 1. The van der Waals surface area contributed by atoms with E-state index in [0.717, 1.165) is 16.9 Å². The molecule has 2 aromatic carbocycles. The number of ether oxygens (including phenoxy) is 1. The fourth-order valence-corrected chi connectivity index (χ4v) is 3.66. The highest BCUT2D eigenvalue weighted by molar-refractivity contribution is 7.99. The number of hydrogen-bond donors (Lipinski definition) is 1. The van der Waals surface area contributed by atoms with E-state index in [9.17, 15) is 8.42 Å². The third-order valence-electron chi connectivity index (χ3n) is 2.71. The van der Waals surface area contributed by atoms with E-state index in [1.807, 2.05) is 24.3 Å². The van der Waals surface area contributed by atoms with Crippen LogP contribution in [0.1, 0.15) is 0 Å². The molecule has 0 heterocycles. The Morgan fingerprint density at radius 1 is 1.05 bits per heavy atom. The molecule has 0 bridgehead atoms. The Hall–Kier alpha value is -1.66. The fourth-order valence-electron chi connectivity index (χ4n) is 1.76. The van der Waals surface area contributed by atoms with Crippen LogP contribution in [0.4, 0.5) is 5.69 Å². The van der Waals surface area contributed by atoms with Crippen molar-refractivity contribution in [2.75, 3.05) is 19.1 Å². The van der Waals surface area contributed by atoms with Crippen LogP contribution < -0.4 is 10.5 Å². The van der Waals surface area contributed by atoms with E-state index in [-0.39, 0.29) is 10.6 Å². The molecular formula is C14H15NO3S2. The molecule has 0 saturated carbocycles. The molecule has 0 radical (unpaired) electrons. The van der Waals surface area contributed by atoms with E-state index in [4.69, 9.17) is 10.5 Å². The van der Waals surface area contributed by atoms with Gasteiger partial charge in [-0.2, -0.15) is 0 Å². The van der Waals surface area contributed by atoms with Crippen molar-refractivity contribution in [2.24, 2.45) is 0 Å². The average Bonchev–Trinajstić information content (AvgIpc) is 2.40. The summed E-state index contributed by atoms with van der Waals surface area (Å²) in [5, 5.41) is 0. The van der Waals surface area contributed by atoms with Crippen molar-refractivity contribution in [1.29, 1.82) is 0 Å². The highest BCUT2D eigenvalue weighted by Crippen LogP contribution is 2.39. The first-order chi connectivity index (χ1) is 9.43. The van der Waals surface area contributed by atoms with Gasteiger partial charge in [0, 0.05) is 11.2 Å². The first-order valence-electron chi connectivity index (χ1n) is 5.83. The average molecular weight is 309 g/mol. The zero-order chi connectivity index (χ0) is 14.8. The van der Waals surface area contributed by atoms with Crippen LogP contribution in [0.3, 0.4) is 0 Å². The first-order valence-corrected chi connectivity index (χ1v) is 8.53. The van der Waals surface area contributed by atoms with Crippen LogP contribution in [-0.4, -0.2) is 21.8 Å². The zero-order valence-corrected chi connectivity index (χ0v) is 12.8. The van der Waals surface area contributed by atoms with Crippen molar-refractivity contribution in [3.63, 3.8) is 0 Å². The van der Waals surface area contributed by atoms with Gasteiger partial charge in [-0.15, -0.1) is 0 Å². The second-order valence-corrected chi connectivity index (χ2v) is 7.26. The van der Waals surface area contributed by atoms with E-state index in [1.54, 1.807) is 19.2 Å². The Bertz CT molecular complexity index is 727. The quantitative estimate of drug-likeness (QED) is 0.880. The number of para-hydroxylation sites is 2. The van der Waals surface area contributed by atoms with E-state index >= 15 is 0 Å². The van der Waals surface area contributed by atoms with Gasteiger partial charge >= 0.3 is 0 Å². The van der Waals surface area contributed by atoms with Crippen LogP contribution in [0.25, 0.3) is 0 Å². The molecule has 0 saturated heterocycles. The largest absolute Gasteiger partial charge is 0.496 e. The van der Waals surface area contributed by atoms with Gasteiger partial charge in [-0.1, -0.05) is 30.0 Å². The molecule has 106 valence electrons. The molecule has 0 atom stereocenters. The van der Waals surface area contributed by atoms with E-state index < -0.39 is 9.84 Å². The van der Waals surface area contributed by atoms with Crippen LogP contribution in [0.2, 0.25) is 0 Å². The standard InChI is InChI=1S/C14H15NO3S2/c1-18-10-6-3-4-7-11(10)19-12-8-5-9-13(14(12)15)20(2,16)17/h3-9H,15H2,1-2H3. The SMILES string of the molecule is COc1ccccc1Sc1cccc(S(C)(=O)=O)c1N. The molecule has 20 heavy (non-hydrogen) atoms. The predicted molar refractivity (Wildman–Crippen MR) is 81.1 cm³/mol. The number of hydrogen-bond acceptors (Lipinski definition) is 5. The van der Waals surface area contributed by atoms with Gasteiger partial charge in [0.2, 0.25) is 0 Å². The summed E-state index contributed by atoms with van der Waals surface area (Å²) >= 11 is 1.38. The van der Waals surface area contributed by atoms with Crippen molar-refractivity contribution >= 4 is 27.3 Å². The third-order valence-corrected chi connectivity index (χ3v) is 5.00. The third kappa shape index (κ3) is 3.08. The normalized spacial score (nSPS) is 11.3. The Labute approximate surface area is 122 Å². The second-order valence-electron chi connectivity index (χ2n) is 4.19. The Kier molecular flexibility index (Phi) is 4.25. The number of nitrogens with two attached hydrogens (primary N) is 1. The van der Waals surface area contributed by atoms with Crippen molar-refractivity contribution in [2.45, 2.75) is 14.7 Å². The summed E-state index contributed by atoms with van der Waals surface area (Å²) in [6.07, 6.45) is 1.15. The first kappa shape index (κ1) is 14.7. The van der Waals surface area contributed by atoms with Gasteiger partial charge in [-0.3, -0.25) is 0 Å². The highest BCUT2D eigenvalue weighted by atomic mass is 32.2. The van der Waals surface area contributed by atoms with Gasteiger partial charge in [-0.05, 0) is 24.3 Å². The maximum Gasteiger partial charge on any atom is 0.177 e. The molecule has 6 heteroatoms. The number of rotatable bonds is 4. The molecule has 0 aliphatic heterocycles. The Morgan fingerprint density at radius 3 is 2.35 bits per heavy atom. The van der Waals surface area contributed by atoms with Crippen LogP contribution >= 0.6 is 11.8 Å². The number of anilines is 1. The van der Waals surface area contributed by atoms with Crippen LogP contribution in [0.15, 0.2) is 57.2 Å².